The molecular formula is C21H26BrNO7S. The predicted molar refractivity (Wildman–Crippen MR) is 121 cm³/mol. The summed E-state index contributed by atoms with van der Waals surface area (Å²) < 4.78 is 45.4. The highest BCUT2D eigenvalue weighted by Crippen LogP contribution is 2.51. The van der Waals surface area contributed by atoms with Gasteiger partial charge < -0.3 is 14.2 Å². The molecule has 0 radical (unpaired) electrons. The first-order chi connectivity index (χ1) is 14.4. The van der Waals surface area contributed by atoms with Crippen molar-refractivity contribution in [3.63, 3.8) is 0 Å². The van der Waals surface area contributed by atoms with E-state index in [1.165, 1.54) is 12.0 Å². The molecule has 170 valence electrons. The predicted octanol–water partition coefficient (Wildman–Crippen LogP) is 4.40. The lowest BCUT2D eigenvalue weighted by Crippen LogP contribution is -2.36. The van der Waals surface area contributed by atoms with Crippen LogP contribution in [0.25, 0.3) is 10.8 Å². The van der Waals surface area contributed by atoms with Gasteiger partial charge >= 0.3 is 6.09 Å². The zero-order valence-corrected chi connectivity index (χ0v) is 20.5. The lowest BCUT2D eigenvalue weighted by atomic mass is 9.95. The van der Waals surface area contributed by atoms with Gasteiger partial charge in [0.2, 0.25) is 0 Å². The van der Waals surface area contributed by atoms with Crippen molar-refractivity contribution >= 4 is 48.6 Å². The van der Waals surface area contributed by atoms with E-state index in [4.69, 9.17) is 18.4 Å². The number of rotatable bonds is 6. The summed E-state index contributed by atoms with van der Waals surface area (Å²) in [5.41, 5.74) is 0.667. The van der Waals surface area contributed by atoms with Gasteiger partial charge in [0.05, 0.1) is 23.0 Å². The largest absolute Gasteiger partial charge is 0.466 e. The number of ether oxygens (including phenoxy) is 3. The highest BCUT2D eigenvalue weighted by atomic mass is 79.9. The minimum atomic E-state index is -3.65. The number of anilines is 1. The number of amides is 1. The van der Waals surface area contributed by atoms with Crippen molar-refractivity contribution in [1.82, 2.24) is 0 Å². The molecule has 3 rings (SSSR count). The van der Waals surface area contributed by atoms with E-state index >= 15 is 0 Å². The van der Waals surface area contributed by atoms with Gasteiger partial charge in [0.1, 0.15) is 11.4 Å². The SMILES string of the molecule is COCOc1c(Br)c2c(c3ccccc13)C(COS(C)(=O)=O)CN2C(=O)OC(C)(C)C. The van der Waals surface area contributed by atoms with Crippen molar-refractivity contribution in [2.45, 2.75) is 32.3 Å². The van der Waals surface area contributed by atoms with Gasteiger partial charge in [-0.05, 0) is 47.7 Å². The maximum atomic E-state index is 13.0. The Bertz CT molecular complexity index is 1100. The Kier molecular flexibility index (Phi) is 6.85. The Morgan fingerprint density at radius 1 is 1.23 bits per heavy atom. The fourth-order valence-electron chi connectivity index (χ4n) is 3.55. The molecular weight excluding hydrogens is 490 g/mol. The molecule has 31 heavy (non-hydrogen) atoms. The molecule has 1 heterocycles. The zero-order valence-electron chi connectivity index (χ0n) is 18.1. The van der Waals surface area contributed by atoms with Gasteiger partial charge in [0.15, 0.2) is 6.79 Å². The van der Waals surface area contributed by atoms with Gasteiger partial charge in [-0.15, -0.1) is 0 Å². The van der Waals surface area contributed by atoms with E-state index in [1.54, 1.807) is 20.8 Å². The summed E-state index contributed by atoms with van der Waals surface area (Å²) in [6.45, 7) is 5.49. The van der Waals surface area contributed by atoms with E-state index < -0.39 is 21.8 Å². The van der Waals surface area contributed by atoms with Crippen LogP contribution in [-0.4, -0.2) is 53.4 Å². The molecule has 0 aliphatic carbocycles. The number of halogens is 1. The summed E-state index contributed by atoms with van der Waals surface area (Å²) >= 11 is 3.60. The van der Waals surface area contributed by atoms with Crippen LogP contribution in [0.3, 0.4) is 0 Å². The van der Waals surface area contributed by atoms with Crippen LogP contribution in [-0.2, 0) is 23.8 Å². The second-order valence-electron chi connectivity index (χ2n) is 8.28. The molecule has 0 spiro atoms. The van der Waals surface area contributed by atoms with Gasteiger partial charge in [-0.2, -0.15) is 8.42 Å². The molecule has 1 unspecified atom stereocenters. The van der Waals surface area contributed by atoms with Crippen molar-refractivity contribution in [2.75, 3.05) is 38.2 Å². The molecule has 0 saturated carbocycles. The van der Waals surface area contributed by atoms with Crippen molar-refractivity contribution < 1.29 is 31.6 Å². The molecule has 0 fully saturated rings. The number of carbonyl (C=O) groups excluding carboxylic acids is 1. The maximum Gasteiger partial charge on any atom is 0.414 e. The number of hydrogen-bond acceptors (Lipinski definition) is 7. The first-order valence-corrected chi connectivity index (χ1v) is 12.2. The molecule has 0 saturated heterocycles. The zero-order chi connectivity index (χ0) is 23.0. The summed E-state index contributed by atoms with van der Waals surface area (Å²) in [6, 6.07) is 7.56. The average molecular weight is 516 g/mol. The van der Waals surface area contributed by atoms with Gasteiger partial charge in [-0.25, -0.2) is 4.79 Å². The Labute approximate surface area is 190 Å². The second-order valence-corrected chi connectivity index (χ2v) is 10.7. The maximum absolute atomic E-state index is 13.0. The Morgan fingerprint density at radius 3 is 2.45 bits per heavy atom. The molecule has 0 N–H and O–H groups in total. The van der Waals surface area contributed by atoms with Crippen molar-refractivity contribution in [1.29, 1.82) is 0 Å². The Morgan fingerprint density at radius 2 is 1.87 bits per heavy atom. The van der Waals surface area contributed by atoms with Gasteiger partial charge in [-0.3, -0.25) is 9.08 Å². The monoisotopic (exact) mass is 515 g/mol. The van der Waals surface area contributed by atoms with E-state index in [1.807, 2.05) is 24.3 Å². The minimum absolute atomic E-state index is 0.0223. The fraction of sp³-hybridized carbons (Fsp3) is 0.476. The molecule has 1 atom stereocenters. The third-order valence-electron chi connectivity index (χ3n) is 4.62. The van der Waals surface area contributed by atoms with Crippen LogP contribution in [0.15, 0.2) is 28.7 Å². The van der Waals surface area contributed by atoms with E-state index in [0.717, 1.165) is 22.6 Å². The van der Waals surface area contributed by atoms with Crippen molar-refractivity contribution in [2.24, 2.45) is 0 Å². The normalized spacial score (nSPS) is 16.5. The lowest BCUT2D eigenvalue weighted by Gasteiger charge is -2.26. The number of nitrogens with zero attached hydrogens (tertiary/aromatic N) is 1. The molecule has 0 bridgehead atoms. The highest BCUT2D eigenvalue weighted by Gasteiger charge is 2.40. The van der Waals surface area contributed by atoms with Gasteiger partial charge in [-0.1, -0.05) is 24.3 Å². The van der Waals surface area contributed by atoms with Crippen LogP contribution in [0.1, 0.15) is 32.3 Å². The van der Waals surface area contributed by atoms with Crippen LogP contribution in [0.5, 0.6) is 5.75 Å². The molecule has 1 amide bonds. The summed E-state index contributed by atoms with van der Waals surface area (Å²) in [4.78, 5) is 14.5. The molecule has 1 aliphatic rings. The average Bonchev–Trinajstić information content (AvgIpc) is 3.05. The third kappa shape index (κ3) is 5.31. The number of methoxy groups -OCH3 is 1. The van der Waals surface area contributed by atoms with E-state index in [2.05, 4.69) is 15.9 Å². The van der Waals surface area contributed by atoms with Crippen molar-refractivity contribution in [3.05, 3.63) is 34.3 Å². The van der Waals surface area contributed by atoms with Crippen LogP contribution >= 0.6 is 15.9 Å². The van der Waals surface area contributed by atoms with E-state index in [9.17, 15) is 13.2 Å². The first kappa shape index (κ1) is 23.8. The number of fused-ring (bicyclic) bond motifs is 3. The number of hydrogen-bond donors (Lipinski definition) is 0. The standard InChI is InChI=1S/C21H26BrNO7S/c1-21(2,3)30-20(24)23-10-13(11-29-31(5,25)26)16-14-8-6-7-9-15(14)19(28-12-27-4)17(22)18(16)23/h6-9,13H,10-12H2,1-5H3. The molecule has 1 aliphatic heterocycles. The van der Waals surface area contributed by atoms with Crippen LogP contribution in [0.2, 0.25) is 0 Å². The second kappa shape index (κ2) is 8.93. The van der Waals surface area contributed by atoms with Crippen molar-refractivity contribution in [3.8, 4) is 5.75 Å². The summed E-state index contributed by atoms with van der Waals surface area (Å²) in [7, 11) is -2.13. The molecule has 2 aromatic rings. The van der Waals surface area contributed by atoms with E-state index in [0.29, 0.717) is 15.9 Å². The smallest absolute Gasteiger partial charge is 0.414 e. The summed E-state index contributed by atoms with van der Waals surface area (Å²) in [5, 5.41) is 1.64. The number of benzene rings is 2. The highest BCUT2D eigenvalue weighted by molar-refractivity contribution is 9.10. The third-order valence-corrected chi connectivity index (χ3v) is 5.92. The molecule has 2 aromatic carbocycles. The van der Waals surface area contributed by atoms with Crippen LogP contribution in [0, 0.1) is 0 Å². The molecule has 10 heteroatoms. The van der Waals surface area contributed by atoms with E-state index in [-0.39, 0.29) is 25.9 Å². The Hall–Kier alpha value is -1.88. The summed E-state index contributed by atoms with van der Waals surface area (Å²) in [6.07, 6.45) is 0.466. The minimum Gasteiger partial charge on any atom is -0.466 e. The summed E-state index contributed by atoms with van der Waals surface area (Å²) in [5.74, 6) is 0.143. The fourth-order valence-corrected chi connectivity index (χ4v) is 4.72. The first-order valence-electron chi connectivity index (χ1n) is 9.63. The Balaban J connectivity index is 2.20. The topological polar surface area (TPSA) is 91.4 Å². The quantitative estimate of drug-likeness (QED) is 0.415. The molecule has 8 nitrogen and oxygen atoms in total. The lowest BCUT2D eigenvalue weighted by molar-refractivity contribution is 0.0517. The van der Waals surface area contributed by atoms with Crippen LogP contribution in [0.4, 0.5) is 10.5 Å². The molecule has 0 aromatic heterocycles. The number of carbonyl (C=O) groups is 1. The van der Waals surface area contributed by atoms with Gasteiger partial charge in [0, 0.05) is 25.0 Å². The van der Waals surface area contributed by atoms with Crippen LogP contribution < -0.4 is 9.64 Å². The van der Waals surface area contributed by atoms with Gasteiger partial charge in [0.25, 0.3) is 10.1 Å².